The SMILES string of the molecule is C[C@@H]1CCCC[C@@H]1NC(=O)Cn1nnc2ccccc21. The van der Waals surface area contributed by atoms with Crippen molar-refractivity contribution < 1.29 is 4.79 Å². The van der Waals surface area contributed by atoms with Crippen LogP contribution in [0.5, 0.6) is 0 Å². The van der Waals surface area contributed by atoms with Gasteiger partial charge in [-0.25, -0.2) is 4.68 Å². The van der Waals surface area contributed by atoms with Gasteiger partial charge in [0.2, 0.25) is 5.91 Å². The number of aromatic nitrogens is 3. The highest BCUT2D eigenvalue weighted by Crippen LogP contribution is 2.23. The Morgan fingerprint density at radius 1 is 1.35 bits per heavy atom. The first-order chi connectivity index (χ1) is 9.74. The fraction of sp³-hybridized carbons (Fsp3) is 0.533. The van der Waals surface area contributed by atoms with Gasteiger partial charge >= 0.3 is 0 Å². The minimum absolute atomic E-state index is 0.0272. The summed E-state index contributed by atoms with van der Waals surface area (Å²) in [5.41, 5.74) is 1.73. The van der Waals surface area contributed by atoms with Crippen LogP contribution in [0, 0.1) is 5.92 Å². The molecule has 1 aromatic carbocycles. The number of hydrogen-bond donors (Lipinski definition) is 1. The Morgan fingerprint density at radius 2 is 2.15 bits per heavy atom. The summed E-state index contributed by atoms with van der Waals surface area (Å²) in [7, 11) is 0. The average molecular weight is 272 g/mol. The second-order valence-electron chi connectivity index (χ2n) is 5.67. The van der Waals surface area contributed by atoms with Crippen molar-refractivity contribution in [3.8, 4) is 0 Å². The molecule has 3 rings (SSSR count). The van der Waals surface area contributed by atoms with Crippen LogP contribution in [0.1, 0.15) is 32.6 Å². The molecule has 1 heterocycles. The lowest BCUT2D eigenvalue weighted by Crippen LogP contribution is -2.42. The Labute approximate surface area is 118 Å². The van der Waals surface area contributed by atoms with Crippen LogP contribution in [0.15, 0.2) is 24.3 Å². The summed E-state index contributed by atoms with van der Waals surface area (Å²) in [6.07, 6.45) is 4.78. The van der Waals surface area contributed by atoms with Gasteiger partial charge in [-0.2, -0.15) is 0 Å². The number of nitrogens with zero attached hydrogens (tertiary/aromatic N) is 3. The van der Waals surface area contributed by atoms with E-state index >= 15 is 0 Å². The Balaban J connectivity index is 1.66. The van der Waals surface area contributed by atoms with Gasteiger partial charge < -0.3 is 5.32 Å². The van der Waals surface area contributed by atoms with Crippen LogP contribution >= 0.6 is 0 Å². The first-order valence-electron chi connectivity index (χ1n) is 7.31. The summed E-state index contributed by atoms with van der Waals surface area (Å²) in [6, 6.07) is 8.01. The summed E-state index contributed by atoms with van der Waals surface area (Å²) in [5.74, 6) is 0.597. The molecule has 1 saturated carbocycles. The minimum atomic E-state index is 0.0272. The standard InChI is InChI=1S/C15H20N4O/c1-11-6-2-3-7-12(11)16-15(20)10-19-14-9-5-4-8-13(14)17-18-19/h4-5,8-9,11-12H,2-3,6-7,10H2,1H3,(H,16,20)/t11-,12+/m1/s1. The van der Waals surface area contributed by atoms with Crippen molar-refractivity contribution in [3.63, 3.8) is 0 Å². The molecule has 1 fully saturated rings. The third kappa shape index (κ3) is 2.66. The summed E-state index contributed by atoms with van der Waals surface area (Å²) in [5, 5.41) is 11.3. The van der Waals surface area contributed by atoms with Crippen LogP contribution in [-0.4, -0.2) is 26.9 Å². The van der Waals surface area contributed by atoms with Crippen molar-refractivity contribution in [2.45, 2.75) is 45.2 Å². The molecule has 1 aliphatic carbocycles. The quantitative estimate of drug-likeness (QED) is 0.931. The number of nitrogens with one attached hydrogen (secondary N) is 1. The van der Waals surface area contributed by atoms with Gasteiger partial charge in [-0.15, -0.1) is 5.10 Å². The molecule has 0 aliphatic heterocycles. The van der Waals surface area contributed by atoms with E-state index in [0.717, 1.165) is 17.5 Å². The van der Waals surface area contributed by atoms with E-state index in [-0.39, 0.29) is 12.5 Å². The Bertz CT molecular complexity index is 607. The summed E-state index contributed by atoms with van der Waals surface area (Å²) < 4.78 is 1.66. The molecule has 20 heavy (non-hydrogen) atoms. The molecule has 0 bridgehead atoms. The van der Waals surface area contributed by atoms with Gasteiger partial charge in [0.25, 0.3) is 0 Å². The van der Waals surface area contributed by atoms with Crippen molar-refractivity contribution in [2.24, 2.45) is 5.92 Å². The zero-order chi connectivity index (χ0) is 13.9. The highest BCUT2D eigenvalue weighted by molar-refractivity contribution is 5.79. The molecule has 1 aromatic heterocycles. The molecular weight excluding hydrogens is 252 g/mol. The van der Waals surface area contributed by atoms with E-state index in [1.807, 2.05) is 24.3 Å². The van der Waals surface area contributed by atoms with E-state index in [9.17, 15) is 4.79 Å². The smallest absolute Gasteiger partial charge is 0.242 e. The van der Waals surface area contributed by atoms with E-state index in [0.29, 0.717) is 12.0 Å². The number of carbonyl (C=O) groups is 1. The Kier molecular flexibility index (Phi) is 3.67. The zero-order valence-electron chi connectivity index (χ0n) is 11.7. The largest absolute Gasteiger partial charge is 0.351 e. The van der Waals surface area contributed by atoms with Crippen molar-refractivity contribution in [1.82, 2.24) is 20.3 Å². The van der Waals surface area contributed by atoms with Gasteiger partial charge in [-0.05, 0) is 30.9 Å². The van der Waals surface area contributed by atoms with Crippen LogP contribution in [0.3, 0.4) is 0 Å². The first kappa shape index (κ1) is 13.1. The lowest BCUT2D eigenvalue weighted by atomic mass is 9.86. The monoisotopic (exact) mass is 272 g/mol. The van der Waals surface area contributed by atoms with Gasteiger partial charge in [0.05, 0.1) is 5.52 Å². The number of amides is 1. The molecule has 1 amide bonds. The maximum absolute atomic E-state index is 12.2. The topological polar surface area (TPSA) is 59.8 Å². The van der Waals surface area contributed by atoms with Crippen molar-refractivity contribution in [3.05, 3.63) is 24.3 Å². The molecule has 5 nitrogen and oxygen atoms in total. The van der Waals surface area contributed by atoms with Crippen LogP contribution in [0.4, 0.5) is 0 Å². The number of para-hydroxylation sites is 1. The second-order valence-corrected chi connectivity index (χ2v) is 5.67. The molecule has 1 N–H and O–H groups in total. The van der Waals surface area contributed by atoms with Gasteiger partial charge in [-0.1, -0.05) is 37.1 Å². The van der Waals surface area contributed by atoms with Crippen molar-refractivity contribution >= 4 is 16.9 Å². The molecule has 0 radical (unpaired) electrons. The van der Waals surface area contributed by atoms with Gasteiger partial charge in [0.1, 0.15) is 12.1 Å². The number of fused-ring (bicyclic) bond motifs is 1. The predicted octanol–water partition coefficient (Wildman–Crippen LogP) is 2.13. The maximum atomic E-state index is 12.2. The molecule has 0 spiro atoms. The van der Waals surface area contributed by atoms with Gasteiger partial charge in [0.15, 0.2) is 0 Å². The van der Waals surface area contributed by atoms with E-state index in [1.54, 1.807) is 4.68 Å². The summed E-state index contributed by atoms with van der Waals surface area (Å²) >= 11 is 0. The Morgan fingerprint density at radius 3 is 3.00 bits per heavy atom. The summed E-state index contributed by atoms with van der Waals surface area (Å²) in [6.45, 7) is 2.46. The molecule has 5 heteroatoms. The average Bonchev–Trinajstić information content (AvgIpc) is 2.85. The summed E-state index contributed by atoms with van der Waals surface area (Å²) in [4.78, 5) is 12.2. The minimum Gasteiger partial charge on any atom is -0.351 e. The van der Waals surface area contributed by atoms with E-state index in [4.69, 9.17) is 0 Å². The lowest BCUT2D eigenvalue weighted by molar-refractivity contribution is -0.123. The normalized spacial score (nSPS) is 22.9. The third-order valence-corrected chi connectivity index (χ3v) is 4.17. The Hall–Kier alpha value is -1.91. The number of benzene rings is 1. The van der Waals surface area contributed by atoms with E-state index < -0.39 is 0 Å². The second kappa shape index (κ2) is 5.61. The van der Waals surface area contributed by atoms with Crippen LogP contribution in [0.25, 0.3) is 11.0 Å². The number of carbonyl (C=O) groups excluding carboxylic acids is 1. The predicted molar refractivity (Wildman–Crippen MR) is 77.1 cm³/mol. The van der Waals surface area contributed by atoms with Crippen LogP contribution in [0.2, 0.25) is 0 Å². The third-order valence-electron chi connectivity index (χ3n) is 4.17. The highest BCUT2D eigenvalue weighted by Gasteiger charge is 2.23. The van der Waals surface area contributed by atoms with E-state index in [2.05, 4.69) is 22.6 Å². The van der Waals surface area contributed by atoms with Crippen molar-refractivity contribution in [2.75, 3.05) is 0 Å². The first-order valence-corrected chi connectivity index (χ1v) is 7.31. The molecule has 2 atom stereocenters. The molecule has 0 saturated heterocycles. The molecule has 1 aliphatic rings. The zero-order valence-corrected chi connectivity index (χ0v) is 11.7. The van der Waals surface area contributed by atoms with Gasteiger partial charge in [0, 0.05) is 6.04 Å². The van der Waals surface area contributed by atoms with E-state index in [1.165, 1.54) is 19.3 Å². The fourth-order valence-corrected chi connectivity index (χ4v) is 2.95. The highest BCUT2D eigenvalue weighted by atomic mass is 16.2. The van der Waals surface area contributed by atoms with Crippen molar-refractivity contribution in [1.29, 1.82) is 0 Å². The molecule has 0 unspecified atom stereocenters. The molecular formula is C15H20N4O. The molecule has 2 aromatic rings. The van der Waals surface area contributed by atoms with Crippen LogP contribution < -0.4 is 5.32 Å². The van der Waals surface area contributed by atoms with Gasteiger partial charge in [-0.3, -0.25) is 4.79 Å². The number of rotatable bonds is 3. The molecule has 106 valence electrons. The fourth-order valence-electron chi connectivity index (χ4n) is 2.95. The van der Waals surface area contributed by atoms with Crippen LogP contribution in [-0.2, 0) is 11.3 Å². The lowest BCUT2D eigenvalue weighted by Gasteiger charge is -2.29. The maximum Gasteiger partial charge on any atom is 0.242 e. The number of hydrogen-bond acceptors (Lipinski definition) is 3.